The van der Waals surface area contributed by atoms with Gasteiger partial charge in [-0.3, -0.25) is 14.8 Å². The van der Waals surface area contributed by atoms with Gasteiger partial charge in [0.1, 0.15) is 18.1 Å². The second kappa shape index (κ2) is 9.75. The summed E-state index contributed by atoms with van der Waals surface area (Å²) in [5, 5.41) is 17.1. The fraction of sp³-hybridized carbons (Fsp3) is 0.267. The van der Waals surface area contributed by atoms with E-state index < -0.39 is 0 Å². The maximum atomic E-state index is 13.5. The van der Waals surface area contributed by atoms with Gasteiger partial charge in [-0.2, -0.15) is 5.10 Å². The molecule has 0 atom stereocenters. The van der Waals surface area contributed by atoms with E-state index in [4.69, 9.17) is 9.47 Å². The van der Waals surface area contributed by atoms with Crippen LogP contribution in [0.1, 0.15) is 35.2 Å². The van der Waals surface area contributed by atoms with Crippen LogP contribution in [0, 0.1) is 0 Å². The lowest BCUT2D eigenvalue weighted by Gasteiger charge is -2.26. The van der Waals surface area contributed by atoms with Gasteiger partial charge in [-0.1, -0.05) is 42.8 Å². The van der Waals surface area contributed by atoms with Crippen LogP contribution in [0.4, 0.5) is 0 Å². The Balaban J connectivity index is 1.25. The molecule has 0 radical (unpaired) electrons. The number of nitrogens with zero attached hydrogens (tertiary/aromatic N) is 2. The molecule has 2 heterocycles. The molecule has 7 nitrogen and oxygen atoms in total. The standard InChI is InChI=1S/C30H29N3O4/c1-36-25-17-23-24(18-26(25)37-16-15-33-13-3-2-4-14-33)30(35)27-28(31-32-29(23)27)21-7-5-19(6-8-21)20-9-11-22(34)12-10-20/h5-12,17-18,34H,2-4,13-16H2,1H3,(H,31,32). The van der Waals surface area contributed by atoms with Gasteiger partial charge in [-0.25, -0.2) is 0 Å². The summed E-state index contributed by atoms with van der Waals surface area (Å²) in [7, 11) is 1.62. The summed E-state index contributed by atoms with van der Waals surface area (Å²) in [6, 6.07) is 18.7. The molecule has 0 unspecified atom stereocenters. The van der Waals surface area contributed by atoms with E-state index >= 15 is 0 Å². The Morgan fingerprint density at radius 1 is 0.892 bits per heavy atom. The molecule has 2 N–H and O–H groups in total. The second-order valence-electron chi connectivity index (χ2n) is 9.57. The van der Waals surface area contributed by atoms with E-state index in [1.165, 1.54) is 19.3 Å². The molecular formula is C30H29N3O4. The summed E-state index contributed by atoms with van der Waals surface area (Å²) in [6.07, 6.45) is 3.78. The molecule has 7 heteroatoms. The fourth-order valence-corrected chi connectivity index (χ4v) is 5.27. The van der Waals surface area contributed by atoms with Gasteiger partial charge in [-0.05, 0) is 61.3 Å². The lowest BCUT2D eigenvalue weighted by molar-refractivity contribution is 0.104. The lowest BCUT2D eigenvalue weighted by atomic mass is 10.00. The van der Waals surface area contributed by atoms with Crippen LogP contribution >= 0.6 is 0 Å². The predicted molar refractivity (Wildman–Crippen MR) is 142 cm³/mol. The minimum atomic E-state index is -0.0695. The second-order valence-corrected chi connectivity index (χ2v) is 9.57. The molecule has 0 saturated carbocycles. The highest BCUT2D eigenvalue weighted by Gasteiger charge is 2.34. The van der Waals surface area contributed by atoms with Crippen LogP contribution in [-0.2, 0) is 0 Å². The summed E-state index contributed by atoms with van der Waals surface area (Å²) in [6.45, 7) is 3.64. The Labute approximate surface area is 215 Å². The number of ketones is 1. The number of ether oxygens (including phenoxy) is 2. The highest BCUT2D eigenvalue weighted by molar-refractivity contribution is 6.24. The molecule has 3 aromatic carbocycles. The van der Waals surface area contributed by atoms with Crippen molar-refractivity contribution in [3.05, 3.63) is 71.8 Å². The summed E-state index contributed by atoms with van der Waals surface area (Å²) in [5.41, 5.74) is 6.14. The van der Waals surface area contributed by atoms with E-state index in [2.05, 4.69) is 15.1 Å². The number of H-pyrrole nitrogens is 1. The Morgan fingerprint density at radius 3 is 2.24 bits per heavy atom. The molecule has 0 spiro atoms. The van der Waals surface area contributed by atoms with E-state index in [-0.39, 0.29) is 11.5 Å². The van der Waals surface area contributed by atoms with Crippen LogP contribution in [0.25, 0.3) is 33.6 Å². The molecule has 1 fully saturated rings. The zero-order valence-corrected chi connectivity index (χ0v) is 20.8. The van der Waals surface area contributed by atoms with Crippen LogP contribution in [0.5, 0.6) is 17.2 Å². The molecule has 2 aliphatic rings. The third-order valence-electron chi connectivity index (χ3n) is 7.28. The first-order valence-electron chi connectivity index (χ1n) is 12.7. The van der Waals surface area contributed by atoms with Crippen molar-refractivity contribution in [2.75, 3.05) is 33.4 Å². The number of likely N-dealkylation sites (tertiary alicyclic amines) is 1. The number of aromatic nitrogens is 2. The fourth-order valence-electron chi connectivity index (χ4n) is 5.27. The van der Waals surface area contributed by atoms with Crippen molar-refractivity contribution in [3.8, 4) is 50.9 Å². The van der Waals surface area contributed by atoms with E-state index in [9.17, 15) is 9.90 Å². The number of rotatable bonds is 7. The molecule has 4 aromatic rings. The van der Waals surface area contributed by atoms with E-state index in [1.807, 2.05) is 42.5 Å². The summed E-state index contributed by atoms with van der Waals surface area (Å²) in [5.74, 6) is 1.36. The number of hydrogen-bond donors (Lipinski definition) is 2. The van der Waals surface area contributed by atoms with Crippen LogP contribution in [0.3, 0.4) is 0 Å². The summed E-state index contributed by atoms with van der Waals surface area (Å²) < 4.78 is 11.7. The number of carbonyl (C=O) groups is 1. The number of piperidine rings is 1. The van der Waals surface area contributed by atoms with Crippen molar-refractivity contribution in [2.45, 2.75) is 19.3 Å². The number of phenols is 1. The van der Waals surface area contributed by atoms with E-state index in [1.54, 1.807) is 25.3 Å². The first kappa shape index (κ1) is 23.3. The SMILES string of the molecule is COc1cc2c(cc1OCCN1CCCCC1)C(=O)c1c(-c3ccc(-c4ccc(O)cc4)cc3)n[nH]c1-2. The average molecular weight is 496 g/mol. The molecule has 188 valence electrons. The van der Waals surface area contributed by atoms with E-state index in [0.29, 0.717) is 40.6 Å². The maximum absolute atomic E-state index is 13.5. The largest absolute Gasteiger partial charge is 0.508 e. The van der Waals surface area contributed by atoms with Gasteiger partial charge in [0.05, 0.1) is 18.4 Å². The monoisotopic (exact) mass is 495 g/mol. The number of methoxy groups -OCH3 is 1. The predicted octanol–water partition coefficient (Wildman–Crippen LogP) is 5.53. The molecule has 0 bridgehead atoms. The number of aromatic hydroxyl groups is 1. The Hall–Kier alpha value is -4.10. The minimum absolute atomic E-state index is 0.0695. The molecule has 1 aromatic heterocycles. The van der Waals surface area contributed by atoms with Gasteiger partial charge < -0.3 is 14.6 Å². The van der Waals surface area contributed by atoms with Gasteiger partial charge in [0.2, 0.25) is 0 Å². The number of aromatic amines is 1. The van der Waals surface area contributed by atoms with Gasteiger partial charge >= 0.3 is 0 Å². The summed E-state index contributed by atoms with van der Waals surface area (Å²) in [4.78, 5) is 16.0. The van der Waals surface area contributed by atoms with Crippen LogP contribution in [0.15, 0.2) is 60.7 Å². The zero-order chi connectivity index (χ0) is 25.4. The van der Waals surface area contributed by atoms with Gasteiger partial charge in [0, 0.05) is 23.2 Å². The number of nitrogens with one attached hydrogen (secondary N) is 1. The first-order chi connectivity index (χ1) is 18.1. The third kappa shape index (κ3) is 4.36. The number of carbonyl (C=O) groups excluding carboxylic acids is 1. The number of phenolic OH excluding ortho intramolecular Hbond substituents is 1. The van der Waals surface area contributed by atoms with Crippen LogP contribution < -0.4 is 9.47 Å². The number of hydrogen-bond acceptors (Lipinski definition) is 6. The number of fused-ring (bicyclic) bond motifs is 3. The minimum Gasteiger partial charge on any atom is -0.508 e. The van der Waals surface area contributed by atoms with Crippen molar-refractivity contribution in [2.24, 2.45) is 0 Å². The Morgan fingerprint density at radius 2 is 1.54 bits per heavy atom. The highest BCUT2D eigenvalue weighted by atomic mass is 16.5. The molecule has 0 amide bonds. The van der Waals surface area contributed by atoms with Gasteiger partial charge in [-0.15, -0.1) is 0 Å². The molecule has 1 saturated heterocycles. The topological polar surface area (TPSA) is 87.7 Å². The molecule has 37 heavy (non-hydrogen) atoms. The molecule has 1 aliphatic carbocycles. The van der Waals surface area contributed by atoms with E-state index in [0.717, 1.165) is 41.9 Å². The highest BCUT2D eigenvalue weighted by Crippen LogP contribution is 2.44. The average Bonchev–Trinajstić information content (AvgIpc) is 3.49. The van der Waals surface area contributed by atoms with Crippen molar-refractivity contribution in [1.29, 1.82) is 0 Å². The molecule has 6 rings (SSSR count). The first-order valence-corrected chi connectivity index (χ1v) is 12.7. The molecular weight excluding hydrogens is 466 g/mol. The third-order valence-corrected chi connectivity index (χ3v) is 7.28. The lowest BCUT2D eigenvalue weighted by Crippen LogP contribution is -2.33. The Bertz CT molecular complexity index is 1440. The van der Waals surface area contributed by atoms with Crippen LogP contribution in [0.2, 0.25) is 0 Å². The normalized spacial score (nSPS) is 14.9. The van der Waals surface area contributed by atoms with Crippen LogP contribution in [-0.4, -0.2) is 59.3 Å². The smallest absolute Gasteiger partial charge is 0.198 e. The number of benzene rings is 3. The van der Waals surface area contributed by atoms with Crippen molar-refractivity contribution < 1.29 is 19.4 Å². The Kier molecular flexibility index (Phi) is 6.14. The summed E-state index contributed by atoms with van der Waals surface area (Å²) >= 11 is 0. The molecule has 1 aliphatic heterocycles. The zero-order valence-electron chi connectivity index (χ0n) is 20.8. The van der Waals surface area contributed by atoms with Gasteiger partial charge in [0.15, 0.2) is 17.3 Å². The quantitative estimate of drug-likeness (QED) is 0.309. The maximum Gasteiger partial charge on any atom is 0.198 e. The van der Waals surface area contributed by atoms with Gasteiger partial charge in [0.25, 0.3) is 0 Å². The van der Waals surface area contributed by atoms with Crippen molar-refractivity contribution in [3.63, 3.8) is 0 Å². The van der Waals surface area contributed by atoms with Crippen molar-refractivity contribution >= 4 is 5.78 Å². The van der Waals surface area contributed by atoms with Crippen molar-refractivity contribution in [1.82, 2.24) is 15.1 Å².